The second-order valence-corrected chi connectivity index (χ2v) is 6.37. The number of benzene rings is 2. The standard InChI is InChI=1S/C21H18N4O4/c26-20(23-28)16-2-1-15-7-9-24(21(27)19(15)13-16)11-12-29-18-5-3-17(4-6-18)25-10-8-22-14-25/h1-10,13-14,28H,11-12H2,(H,23,26). The molecule has 8 heteroatoms. The van der Waals surface area contributed by atoms with Crippen molar-refractivity contribution in [2.75, 3.05) is 6.61 Å². The van der Waals surface area contributed by atoms with Gasteiger partial charge in [-0.2, -0.15) is 0 Å². The summed E-state index contributed by atoms with van der Waals surface area (Å²) < 4.78 is 9.17. The van der Waals surface area contributed by atoms with E-state index in [1.165, 1.54) is 10.6 Å². The number of carbonyl (C=O) groups excluding carboxylic acids is 1. The number of rotatable bonds is 6. The molecule has 0 atom stereocenters. The number of hydrogen-bond donors (Lipinski definition) is 2. The largest absolute Gasteiger partial charge is 0.492 e. The monoisotopic (exact) mass is 390 g/mol. The Morgan fingerprint density at radius 2 is 1.93 bits per heavy atom. The van der Waals surface area contributed by atoms with Gasteiger partial charge in [0.05, 0.1) is 12.9 Å². The SMILES string of the molecule is O=C(NO)c1ccc2ccn(CCOc3ccc(-n4ccnc4)cc3)c(=O)c2c1. The molecule has 2 heterocycles. The van der Waals surface area contributed by atoms with Crippen LogP contribution in [0.4, 0.5) is 0 Å². The van der Waals surface area contributed by atoms with Crippen LogP contribution in [0.25, 0.3) is 16.5 Å². The van der Waals surface area contributed by atoms with Crippen LogP contribution in [0.15, 0.2) is 78.2 Å². The summed E-state index contributed by atoms with van der Waals surface area (Å²) in [4.78, 5) is 28.3. The van der Waals surface area contributed by atoms with E-state index in [0.717, 1.165) is 11.1 Å². The summed E-state index contributed by atoms with van der Waals surface area (Å²) >= 11 is 0. The van der Waals surface area contributed by atoms with E-state index in [2.05, 4.69) is 4.98 Å². The molecule has 2 aromatic carbocycles. The Hall–Kier alpha value is -3.91. The topological polar surface area (TPSA) is 98.4 Å². The van der Waals surface area contributed by atoms with E-state index < -0.39 is 5.91 Å². The predicted molar refractivity (Wildman–Crippen MR) is 107 cm³/mol. The molecule has 0 fully saturated rings. The van der Waals surface area contributed by atoms with Crippen LogP contribution in [0.3, 0.4) is 0 Å². The van der Waals surface area contributed by atoms with Crippen molar-refractivity contribution in [2.45, 2.75) is 6.54 Å². The minimum absolute atomic E-state index is 0.212. The van der Waals surface area contributed by atoms with Crippen LogP contribution in [-0.2, 0) is 6.54 Å². The maximum Gasteiger partial charge on any atom is 0.274 e. The van der Waals surface area contributed by atoms with Gasteiger partial charge in [0.1, 0.15) is 12.4 Å². The van der Waals surface area contributed by atoms with Crippen LogP contribution in [-0.4, -0.2) is 31.8 Å². The van der Waals surface area contributed by atoms with Gasteiger partial charge in [-0.3, -0.25) is 14.8 Å². The summed E-state index contributed by atoms with van der Waals surface area (Å²) in [5.74, 6) is 0.0359. The first-order valence-electron chi connectivity index (χ1n) is 8.94. The number of aromatic nitrogens is 3. The lowest BCUT2D eigenvalue weighted by Crippen LogP contribution is -2.23. The molecule has 0 saturated carbocycles. The van der Waals surface area contributed by atoms with Gasteiger partial charge < -0.3 is 13.9 Å². The lowest BCUT2D eigenvalue weighted by Gasteiger charge is -2.10. The number of nitrogens with one attached hydrogen (secondary N) is 1. The first kappa shape index (κ1) is 18.5. The Kier molecular flexibility index (Phi) is 5.08. The van der Waals surface area contributed by atoms with Crippen LogP contribution in [0.5, 0.6) is 5.75 Å². The van der Waals surface area contributed by atoms with Crippen molar-refractivity contribution in [2.24, 2.45) is 0 Å². The Labute approximate surface area is 165 Å². The van der Waals surface area contributed by atoms with Gasteiger partial charge in [-0.25, -0.2) is 10.5 Å². The predicted octanol–water partition coefficient (Wildman–Crippen LogP) is 2.39. The molecule has 0 aliphatic heterocycles. The molecule has 2 N–H and O–H groups in total. The van der Waals surface area contributed by atoms with Gasteiger partial charge in [-0.05, 0) is 47.9 Å². The molecular weight excluding hydrogens is 372 g/mol. The molecule has 29 heavy (non-hydrogen) atoms. The minimum atomic E-state index is -0.663. The van der Waals surface area contributed by atoms with Crippen molar-refractivity contribution in [3.8, 4) is 11.4 Å². The molecule has 0 unspecified atom stereocenters. The number of nitrogens with zero attached hydrogens (tertiary/aromatic N) is 3. The zero-order chi connectivity index (χ0) is 20.2. The molecule has 0 aliphatic rings. The fourth-order valence-corrected chi connectivity index (χ4v) is 3.05. The van der Waals surface area contributed by atoms with Crippen molar-refractivity contribution in [3.63, 3.8) is 0 Å². The molecule has 8 nitrogen and oxygen atoms in total. The van der Waals surface area contributed by atoms with Gasteiger partial charge in [0.2, 0.25) is 0 Å². The van der Waals surface area contributed by atoms with Gasteiger partial charge in [0.25, 0.3) is 11.5 Å². The Bertz CT molecular complexity index is 1200. The van der Waals surface area contributed by atoms with Crippen LogP contribution < -0.4 is 15.8 Å². The summed E-state index contributed by atoms with van der Waals surface area (Å²) in [6.07, 6.45) is 6.99. The van der Waals surface area contributed by atoms with Crippen molar-refractivity contribution in [1.82, 2.24) is 19.6 Å². The fourth-order valence-electron chi connectivity index (χ4n) is 3.05. The third kappa shape index (κ3) is 3.87. The number of pyridine rings is 1. The summed E-state index contributed by atoms with van der Waals surface area (Å²) in [6.45, 7) is 0.668. The number of hydrogen-bond acceptors (Lipinski definition) is 5. The molecule has 1 amide bonds. The molecule has 0 radical (unpaired) electrons. The van der Waals surface area contributed by atoms with E-state index >= 15 is 0 Å². The van der Waals surface area contributed by atoms with Crippen LogP contribution in [0.1, 0.15) is 10.4 Å². The first-order valence-corrected chi connectivity index (χ1v) is 8.94. The van der Waals surface area contributed by atoms with Crippen LogP contribution in [0, 0.1) is 0 Å². The quantitative estimate of drug-likeness (QED) is 0.389. The molecule has 2 aromatic heterocycles. The van der Waals surface area contributed by atoms with Gasteiger partial charge in [0, 0.05) is 35.2 Å². The molecule has 0 bridgehead atoms. The maximum atomic E-state index is 12.7. The third-order valence-corrected chi connectivity index (χ3v) is 4.58. The summed E-state index contributed by atoms with van der Waals surface area (Å²) in [7, 11) is 0. The summed E-state index contributed by atoms with van der Waals surface area (Å²) in [5, 5.41) is 9.90. The van der Waals surface area contributed by atoms with Gasteiger partial charge in [0.15, 0.2) is 0 Å². The van der Waals surface area contributed by atoms with E-state index in [4.69, 9.17) is 9.94 Å². The number of fused-ring (bicyclic) bond motifs is 1. The highest BCUT2D eigenvalue weighted by atomic mass is 16.5. The molecule has 0 saturated heterocycles. The second kappa shape index (κ2) is 7.99. The van der Waals surface area contributed by atoms with Crippen LogP contribution >= 0.6 is 0 Å². The number of hydroxylamine groups is 1. The minimum Gasteiger partial charge on any atom is -0.492 e. The normalized spacial score (nSPS) is 10.8. The molecule has 4 aromatic rings. The van der Waals surface area contributed by atoms with Crippen molar-refractivity contribution >= 4 is 16.7 Å². The van der Waals surface area contributed by atoms with E-state index in [1.807, 2.05) is 35.0 Å². The lowest BCUT2D eigenvalue weighted by molar-refractivity contribution is 0.0706. The molecule has 0 aliphatic carbocycles. The Balaban J connectivity index is 1.46. The Morgan fingerprint density at radius 3 is 2.66 bits per heavy atom. The van der Waals surface area contributed by atoms with E-state index in [9.17, 15) is 9.59 Å². The fraction of sp³-hybridized carbons (Fsp3) is 0.0952. The van der Waals surface area contributed by atoms with E-state index in [1.54, 1.807) is 42.4 Å². The van der Waals surface area contributed by atoms with Crippen molar-refractivity contribution in [1.29, 1.82) is 0 Å². The number of imidazole rings is 1. The van der Waals surface area contributed by atoms with Gasteiger partial charge in [-0.1, -0.05) is 6.07 Å². The highest BCUT2D eigenvalue weighted by Crippen LogP contribution is 2.15. The molecule has 4 rings (SSSR count). The van der Waals surface area contributed by atoms with Gasteiger partial charge >= 0.3 is 0 Å². The van der Waals surface area contributed by atoms with E-state index in [-0.39, 0.29) is 11.1 Å². The summed E-state index contributed by atoms with van der Waals surface area (Å²) in [6, 6.07) is 14.1. The van der Waals surface area contributed by atoms with Crippen molar-refractivity contribution < 1.29 is 14.7 Å². The summed E-state index contributed by atoms with van der Waals surface area (Å²) in [5.41, 5.74) is 2.53. The van der Waals surface area contributed by atoms with Crippen LogP contribution in [0.2, 0.25) is 0 Å². The lowest BCUT2D eigenvalue weighted by atomic mass is 10.1. The molecule has 0 spiro atoms. The first-order chi connectivity index (χ1) is 14.2. The van der Waals surface area contributed by atoms with E-state index in [0.29, 0.717) is 24.3 Å². The number of ether oxygens (including phenoxy) is 1. The molecule has 146 valence electrons. The number of carbonyl (C=O) groups is 1. The van der Waals surface area contributed by atoms with Crippen molar-refractivity contribution in [3.05, 3.63) is 89.4 Å². The van der Waals surface area contributed by atoms with Gasteiger partial charge in [-0.15, -0.1) is 0 Å². The number of amides is 1. The average Bonchev–Trinajstić information content (AvgIpc) is 3.30. The smallest absolute Gasteiger partial charge is 0.274 e. The second-order valence-electron chi connectivity index (χ2n) is 6.37. The zero-order valence-electron chi connectivity index (χ0n) is 15.4. The Morgan fingerprint density at radius 1 is 1.10 bits per heavy atom. The highest BCUT2D eigenvalue weighted by molar-refractivity contribution is 5.97. The average molecular weight is 390 g/mol. The maximum absolute atomic E-state index is 12.7. The molecular formula is C21H18N4O4. The zero-order valence-corrected chi connectivity index (χ0v) is 15.4. The highest BCUT2D eigenvalue weighted by Gasteiger charge is 2.09. The third-order valence-electron chi connectivity index (χ3n) is 4.58.